The largest absolute Gasteiger partial charge is 0.508 e. The Morgan fingerprint density at radius 1 is 0.273 bits per heavy atom. The maximum absolute atomic E-state index is 12.7. The maximum Gasteiger partial charge on any atom is 0.323 e. The molecule has 0 atom stereocenters. The van der Waals surface area contributed by atoms with Gasteiger partial charge < -0.3 is 86.6 Å². The average molecular weight is 1040 g/mol. The molecule has 77 heavy (non-hydrogen) atoms. The molecule has 0 fully saturated rings. The van der Waals surface area contributed by atoms with Crippen LogP contribution < -0.4 is 61.5 Å². The first kappa shape index (κ1) is 52.5. The van der Waals surface area contributed by atoms with Crippen molar-refractivity contribution in [3.8, 4) is 46.0 Å². The number of phenols is 4. The lowest BCUT2D eigenvalue weighted by Crippen LogP contribution is -2.34. The number of phenolic OH excluding ortho intramolecular Hbond substituents is 4. The van der Waals surface area contributed by atoms with Gasteiger partial charge in [0.25, 0.3) is 12.6 Å². The molecule has 0 aromatic heterocycles. The highest BCUT2D eigenvalue weighted by Crippen LogP contribution is 2.26. The highest BCUT2D eigenvalue weighted by molar-refractivity contribution is 6.02. The fourth-order valence-electron chi connectivity index (χ4n) is 6.87. The highest BCUT2D eigenvalue weighted by atomic mass is 16.7. The molecule has 0 bridgehead atoms. The van der Waals surface area contributed by atoms with E-state index in [1.807, 2.05) is 0 Å². The van der Waals surface area contributed by atoms with Crippen LogP contribution in [-0.2, 0) is 4.74 Å². The third-order valence-electron chi connectivity index (χ3n) is 10.5. The van der Waals surface area contributed by atoms with Gasteiger partial charge in [0.15, 0.2) is 0 Å². The summed E-state index contributed by atoms with van der Waals surface area (Å²) in [7, 11) is 0. The number of rotatable bonds is 20. The fourth-order valence-corrected chi connectivity index (χ4v) is 6.87. The van der Waals surface area contributed by atoms with Crippen LogP contribution >= 0.6 is 0 Å². The van der Waals surface area contributed by atoms with Gasteiger partial charge in [-0.1, -0.05) is 0 Å². The number of benzene rings is 8. The molecule has 12 N–H and O–H groups in total. The first-order chi connectivity index (χ1) is 37.3. The monoisotopic (exact) mass is 1040 g/mol. The van der Waals surface area contributed by atoms with Gasteiger partial charge in [0.05, 0.1) is 0 Å². The predicted molar refractivity (Wildman–Crippen MR) is 290 cm³/mol. The minimum atomic E-state index is -1.11. The zero-order chi connectivity index (χ0) is 53.9. The van der Waals surface area contributed by atoms with Crippen molar-refractivity contribution in [1.29, 1.82) is 0 Å². The summed E-state index contributed by atoms with van der Waals surface area (Å²) in [6.07, 6.45) is -2.22. The number of amides is 8. The Kier molecular flexibility index (Phi) is 17.5. The van der Waals surface area contributed by atoms with E-state index in [1.54, 1.807) is 146 Å². The summed E-state index contributed by atoms with van der Waals surface area (Å²) in [4.78, 5) is 50.8. The number of ether oxygens (including phenoxy) is 5. The van der Waals surface area contributed by atoms with Crippen molar-refractivity contribution < 1.29 is 63.3 Å². The van der Waals surface area contributed by atoms with Gasteiger partial charge in [0, 0.05) is 45.5 Å². The van der Waals surface area contributed by atoms with Crippen LogP contribution in [0.25, 0.3) is 0 Å². The van der Waals surface area contributed by atoms with Gasteiger partial charge in [-0.15, -0.1) is 0 Å². The molecular weight excluding hydrogens is 993 g/mol. The lowest BCUT2D eigenvalue weighted by molar-refractivity contribution is -0.105. The summed E-state index contributed by atoms with van der Waals surface area (Å²) in [6, 6.07) is 47.9. The van der Waals surface area contributed by atoms with Gasteiger partial charge >= 0.3 is 24.1 Å². The normalized spacial score (nSPS) is 10.6. The average Bonchev–Trinajstić information content (AvgIpc) is 3.41. The Balaban J connectivity index is 0.945. The zero-order valence-corrected chi connectivity index (χ0v) is 40.5. The summed E-state index contributed by atoms with van der Waals surface area (Å²) >= 11 is 0. The number of hydrogen-bond acceptors (Lipinski definition) is 13. The third-order valence-corrected chi connectivity index (χ3v) is 10.5. The molecule has 0 aliphatic heterocycles. The van der Waals surface area contributed by atoms with Crippen molar-refractivity contribution in [3.63, 3.8) is 0 Å². The van der Waals surface area contributed by atoms with Gasteiger partial charge in [-0.25, -0.2) is 19.2 Å². The number of anilines is 8. The van der Waals surface area contributed by atoms with E-state index in [9.17, 15) is 39.6 Å². The number of urea groups is 4. The van der Waals surface area contributed by atoms with Crippen molar-refractivity contribution >= 4 is 69.6 Å². The Labute approximate surface area is 440 Å². The van der Waals surface area contributed by atoms with Crippen molar-refractivity contribution in [2.75, 3.05) is 55.7 Å². The molecule has 8 amide bonds. The molecule has 21 heteroatoms. The van der Waals surface area contributed by atoms with E-state index >= 15 is 0 Å². The zero-order valence-electron chi connectivity index (χ0n) is 40.5. The smallest absolute Gasteiger partial charge is 0.323 e. The molecule has 0 radical (unpaired) electrons. The first-order valence-corrected chi connectivity index (χ1v) is 23.4. The van der Waals surface area contributed by atoms with E-state index in [0.29, 0.717) is 68.5 Å². The van der Waals surface area contributed by atoms with Gasteiger partial charge in [0.1, 0.15) is 59.2 Å². The van der Waals surface area contributed by atoms with Crippen molar-refractivity contribution in [2.24, 2.45) is 0 Å². The standard InChI is InChI=1S/C56H50N8O13/c65-43-17-1-35(2-18-43)57-53(69)61-39-9-25-47(26-10-39)74-51(75-48-27-11-40(12-28-48)62-54(70)58-36-3-19-44(66)20-4-36)33-73-34-52(76-49-29-13-41(14-30-49)63-55(71)59-37-5-21-45(67)22-6-37)77-50-31-15-42(16-32-50)64-56(72)60-38-7-23-46(68)24-8-38/h1-32,51-52,65-68H,33-34H2,(H2,57,61,69)(H2,58,62,70)(H2,59,63,71)(H2,60,64,72). The second kappa shape index (κ2) is 25.7. The minimum absolute atomic E-state index is 0.0592. The van der Waals surface area contributed by atoms with Crippen molar-refractivity contribution in [3.05, 3.63) is 194 Å². The molecule has 8 rings (SSSR count). The van der Waals surface area contributed by atoms with Gasteiger partial charge in [0.2, 0.25) is 0 Å². The van der Waals surface area contributed by atoms with Crippen LogP contribution in [0, 0.1) is 0 Å². The number of aromatic hydroxyl groups is 4. The van der Waals surface area contributed by atoms with Crippen LogP contribution in [0.5, 0.6) is 46.0 Å². The number of hydrogen-bond donors (Lipinski definition) is 12. The molecule has 0 aliphatic rings. The molecule has 21 nitrogen and oxygen atoms in total. The van der Waals surface area contributed by atoms with Crippen LogP contribution in [-0.4, -0.2) is 70.3 Å². The second-order valence-electron chi connectivity index (χ2n) is 16.5. The lowest BCUT2D eigenvalue weighted by Gasteiger charge is -2.24. The summed E-state index contributed by atoms with van der Waals surface area (Å²) in [6.45, 7) is -0.406. The molecule has 0 spiro atoms. The number of carbonyl (C=O) groups excluding carboxylic acids is 4. The predicted octanol–water partition coefficient (Wildman–Crippen LogP) is 11.4. The Hall–Kier alpha value is -10.8. The van der Waals surface area contributed by atoms with Crippen molar-refractivity contribution in [2.45, 2.75) is 12.6 Å². The highest BCUT2D eigenvalue weighted by Gasteiger charge is 2.20. The number of nitrogens with one attached hydrogen (secondary N) is 8. The topological polar surface area (TPSA) is 292 Å². The molecule has 0 saturated carbocycles. The van der Waals surface area contributed by atoms with E-state index in [2.05, 4.69) is 42.5 Å². The van der Waals surface area contributed by atoms with Crippen LogP contribution in [0.2, 0.25) is 0 Å². The summed E-state index contributed by atoms with van der Waals surface area (Å²) < 4.78 is 31.3. The van der Waals surface area contributed by atoms with Crippen molar-refractivity contribution in [1.82, 2.24) is 0 Å². The quantitative estimate of drug-likeness (QED) is 0.0250. The minimum Gasteiger partial charge on any atom is -0.508 e. The molecule has 0 aliphatic carbocycles. The lowest BCUT2D eigenvalue weighted by atomic mass is 10.3. The van der Waals surface area contributed by atoms with Crippen LogP contribution in [0.1, 0.15) is 0 Å². The third kappa shape index (κ3) is 17.2. The van der Waals surface area contributed by atoms with Crippen LogP contribution in [0.3, 0.4) is 0 Å². The summed E-state index contributed by atoms with van der Waals surface area (Å²) in [5.74, 6) is 1.60. The Morgan fingerprint density at radius 2 is 0.429 bits per heavy atom. The van der Waals surface area contributed by atoms with Gasteiger partial charge in [-0.3, -0.25) is 0 Å². The van der Waals surface area contributed by atoms with E-state index in [0.717, 1.165) is 0 Å². The maximum atomic E-state index is 12.7. The molecule has 8 aromatic carbocycles. The van der Waals surface area contributed by atoms with Gasteiger partial charge in [-0.05, 0) is 194 Å². The molecule has 8 aromatic rings. The first-order valence-electron chi connectivity index (χ1n) is 23.4. The fraction of sp³-hybridized carbons (Fsp3) is 0.0714. The molecule has 0 heterocycles. The van der Waals surface area contributed by atoms with E-state index in [-0.39, 0.29) is 36.2 Å². The Morgan fingerprint density at radius 3 is 0.597 bits per heavy atom. The molecular formula is C56H50N8O13. The SMILES string of the molecule is O=C(Nc1ccc(O)cc1)Nc1ccc(OC(COCC(Oc2ccc(NC(=O)Nc3ccc(O)cc3)cc2)Oc2ccc(NC(=O)Nc3ccc(O)cc3)cc2)Oc2ccc(NC(=O)Nc3ccc(O)cc3)cc2)cc1. The molecule has 392 valence electrons. The summed E-state index contributed by atoms with van der Waals surface area (Å²) in [5.41, 5.74) is 3.66. The van der Waals surface area contributed by atoms with E-state index in [4.69, 9.17) is 23.7 Å². The van der Waals surface area contributed by atoms with Crippen LogP contribution in [0.4, 0.5) is 64.7 Å². The number of carbonyl (C=O) groups is 4. The van der Waals surface area contributed by atoms with E-state index < -0.39 is 36.7 Å². The molecule has 0 saturated heterocycles. The second-order valence-corrected chi connectivity index (χ2v) is 16.5. The van der Waals surface area contributed by atoms with Crippen LogP contribution in [0.15, 0.2) is 194 Å². The molecule has 0 unspecified atom stereocenters. The van der Waals surface area contributed by atoms with E-state index in [1.165, 1.54) is 48.5 Å². The van der Waals surface area contributed by atoms with Gasteiger partial charge in [-0.2, -0.15) is 0 Å². The Bertz CT molecular complexity index is 2780. The summed E-state index contributed by atoms with van der Waals surface area (Å²) in [5, 5.41) is 60.0.